The molecule has 1 aliphatic heterocycles. The average Bonchev–Trinajstić information content (AvgIpc) is 2.50. The Bertz CT molecular complexity index is 484. The van der Waals surface area contributed by atoms with Crippen LogP contribution in [-0.4, -0.2) is 55.0 Å². The number of hydrogen-bond donors (Lipinski definition) is 1. The molecule has 1 saturated heterocycles. The number of halogens is 1. The molecule has 4 nitrogen and oxygen atoms in total. The number of rotatable bonds is 5. The Balaban J connectivity index is 1.86. The molecule has 0 aromatic heterocycles. The lowest BCUT2D eigenvalue weighted by Crippen LogP contribution is -2.48. The van der Waals surface area contributed by atoms with Crippen LogP contribution in [0.5, 0.6) is 0 Å². The first-order chi connectivity index (χ1) is 10.1. The highest BCUT2D eigenvalue weighted by molar-refractivity contribution is 5.94. The fourth-order valence-corrected chi connectivity index (χ4v) is 2.56. The molecular formula is C16H24FN3O. The fraction of sp³-hybridized carbons (Fsp3) is 0.562. The molecule has 2 N–H and O–H groups in total. The maximum absolute atomic E-state index is 13.6. The summed E-state index contributed by atoms with van der Waals surface area (Å²) in [5, 5.41) is 0. The second kappa shape index (κ2) is 7.52. The molecule has 0 atom stereocenters. The molecule has 0 saturated carbocycles. The van der Waals surface area contributed by atoms with Crippen molar-refractivity contribution in [1.29, 1.82) is 0 Å². The van der Waals surface area contributed by atoms with Crippen LogP contribution < -0.4 is 5.73 Å². The normalized spacial score (nSPS) is 16.2. The number of aryl methyl sites for hydroxylation is 1. The van der Waals surface area contributed by atoms with Crippen molar-refractivity contribution in [3.63, 3.8) is 0 Å². The lowest BCUT2D eigenvalue weighted by Gasteiger charge is -2.34. The van der Waals surface area contributed by atoms with Gasteiger partial charge in [0.1, 0.15) is 5.82 Å². The summed E-state index contributed by atoms with van der Waals surface area (Å²) in [5.74, 6) is -0.392. The van der Waals surface area contributed by atoms with Crippen LogP contribution in [0, 0.1) is 12.7 Å². The van der Waals surface area contributed by atoms with Crippen LogP contribution in [0.1, 0.15) is 28.8 Å². The molecule has 1 heterocycles. The van der Waals surface area contributed by atoms with Crippen molar-refractivity contribution < 1.29 is 9.18 Å². The molecule has 0 unspecified atom stereocenters. The summed E-state index contributed by atoms with van der Waals surface area (Å²) in [6.07, 6.45) is 2.15. The molecule has 116 valence electrons. The van der Waals surface area contributed by atoms with E-state index in [9.17, 15) is 9.18 Å². The number of carbonyl (C=O) groups is 1. The highest BCUT2D eigenvalue weighted by Gasteiger charge is 2.22. The summed E-state index contributed by atoms with van der Waals surface area (Å²) in [6, 6.07) is 4.70. The molecule has 0 bridgehead atoms. The first-order valence-electron chi connectivity index (χ1n) is 7.59. The molecule has 0 spiro atoms. The average molecular weight is 293 g/mol. The largest absolute Gasteiger partial charge is 0.336 e. The Kier molecular flexibility index (Phi) is 5.70. The fourth-order valence-electron chi connectivity index (χ4n) is 2.56. The maximum atomic E-state index is 13.6. The van der Waals surface area contributed by atoms with Crippen molar-refractivity contribution in [2.75, 3.05) is 39.3 Å². The van der Waals surface area contributed by atoms with Gasteiger partial charge in [0.15, 0.2) is 0 Å². The predicted molar refractivity (Wildman–Crippen MR) is 81.8 cm³/mol. The van der Waals surface area contributed by atoms with Crippen LogP contribution in [-0.2, 0) is 0 Å². The van der Waals surface area contributed by atoms with Crippen molar-refractivity contribution >= 4 is 5.91 Å². The van der Waals surface area contributed by atoms with Crippen molar-refractivity contribution in [3.05, 3.63) is 35.1 Å². The molecule has 1 amide bonds. The third-order valence-electron chi connectivity index (χ3n) is 4.01. The summed E-state index contributed by atoms with van der Waals surface area (Å²) in [7, 11) is 0. The van der Waals surface area contributed by atoms with Gasteiger partial charge in [-0.15, -0.1) is 0 Å². The second-order valence-corrected chi connectivity index (χ2v) is 5.59. The maximum Gasteiger partial charge on any atom is 0.254 e. The highest BCUT2D eigenvalue weighted by Crippen LogP contribution is 2.13. The van der Waals surface area contributed by atoms with E-state index >= 15 is 0 Å². The number of nitrogens with zero attached hydrogens (tertiary/aromatic N) is 2. The van der Waals surface area contributed by atoms with E-state index in [4.69, 9.17) is 5.73 Å². The van der Waals surface area contributed by atoms with Gasteiger partial charge in [-0.1, -0.05) is 6.07 Å². The molecule has 1 fully saturated rings. The SMILES string of the molecule is Cc1ccc(C(=O)N2CCN(CCCCN)CC2)cc1F. The van der Waals surface area contributed by atoms with E-state index in [0.29, 0.717) is 24.2 Å². The van der Waals surface area contributed by atoms with Crippen molar-refractivity contribution in [1.82, 2.24) is 9.80 Å². The second-order valence-electron chi connectivity index (χ2n) is 5.59. The van der Waals surface area contributed by atoms with Crippen LogP contribution in [0.3, 0.4) is 0 Å². The number of nitrogens with two attached hydrogens (primary N) is 1. The molecule has 1 aromatic carbocycles. The van der Waals surface area contributed by atoms with Crippen LogP contribution in [0.15, 0.2) is 18.2 Å². The molecule has 2 rings (SSSR count). The van der Waals surface area contributed by atoms with E-state index in [2.05, 4.69) is 4.90 Å². The van der Waals surface area contributed by atoms with Gasteiger partial charge < -0.3 is 10.6 Å². The quantitative estimate of drug-likeness (QED) is 0.840. The van der Waals surface area contributed by atoms with Gasteiger partial charge in [0.05, 0.1) is 0 Å². The summed E-state index contributed by atoms with van der Waals surface area (Å²) >= 11 is 0. The van der Waals surface area contributed by atoms with Gasteiger partial charge in [0.2, 0.25) is 0 Å². The van der Waals surface area contributed by atoms with E-state index < -0.39 is 0 Å². The number of piperazine rings is 1. The minimum absolute atomic E-state index is 0.0736. The number of hydrogen-bond acceptors (Lipinski definition) is 3. The van der Waals surface area contributed by atoms with Gasteiger partial charge in [-0.3, -0.25) is 9.69 Å². The smallest absolute Gasteiger partial charge is 0.254 e. The summed E-state index contributed by atoms with van der Waals surface area (Å²) in [4.78, 5) is 16.5. The molecular weight excluding hydrogens is 269 g/mol. The summed E-state index contributed by atoms with van der Waals surface area (Å²) < 4.78 is 13.6. The van der Waals surface area contributed by atoms with Gasteiger partial charge in [-0.05, 0) is 50.6 Å². The van der Waals surface area contributed by atoms with Gasteiger partial charge in [0.25, 0.3) is 5.91 Å². The Morgan fingerprint density at radius 1 is 1.24 bits per heavy atom. The number of benzene rings is 1. The van der Waals surface area contributed by atoms with Gasteiger partial charge in [-0.25, -0.2) is 4.39 Å². The third-order valence-corrected chi connectivity index (χ3v) is 4.01. The topological polar surface area (TPSA) is 49.6 Å². The predicted octanol–water partition coefficient (Wildman–Crippen LogP) is 1.63. The van der Waals surface area contributed by atoms with E-state index in [-0.39, 0.29) is 11.7 Å². The standard InChI is InChI=1S/C16H24FN3O/c1-13-4-5-14(12-15(13)17)16(21)20-10-8-19(9-11-20)7-3-2-6-18/h4-5,12H,2-3,6-11,18H2,1H3. The first kappa shape index (κ1) is 15.9. The van der Waals surface area contributed by atoms with Crippen molar-refractivity contribution in [3.8, 4) is 0 Å². The third kappa shape index (κ3) is 4.25. The minimum atomic E-state index is -0.318. The summed E-state index contributed by atoms with van der Waals surface area (Å²) in [5.41, 5.74) is 6.50. The highest BCUT2D eigenvalue weighted by atomic mass is 19.1. The molecule has 5 heteroatoms. The number of amides is 1. The molecule has 0 radical (unpaired) electrons. The van der Waals surface area contributed by atoms with Crippen LogP contribution >= 0.6 is 0 Å². The zero-order valence-corrected chi connectivity index (χ0v) is 12.6. The van der Waals surface area contributed by atoms with E-state index in [1.54, 1.807) is 19.1 Å². The van der Waals surface area contributed by atoms with E-state index in [1.807, 2.05) is 4.90 Å². The van der Waals surface area contributed by atoms with Crippen LogP contribution in [0.25, 0.3) is 0 Å². The summed E-state index contributed by atoms with van der Waals surface area (Å²) in [6.45, 7) is 6.64. The number of unbranched alkanes of at least 4 members (excludes halogenated alkanes) is 1. The van der Waals surface area contributed by atoms with Crippen molar-refractivity contribution in [2.24, 2.45) is 5.73 Å². The minimum Gasteiger partial charge on any atom is -0.336 e. The van der Waals surface area contributed by atoms with Gasteiger partial charge in [-0.2, -0.15) is 0 Å². The lowest BCUT2D eigenvalue weighted by molar-refractivity contribution is 0.0635. The monoisotopic (exact) mass is 293 g/mol. The number of carbonyl (C=O) groups excluding carboxylic acids is 1. The van der Waals surface area contributed by atoms with Crippen LogP contribution in [0.4, 0.5) is 4.39 Å². The van der Waals surface area contributed by atoms with E-state index in [1.165, 1.54) is 6.07 Å². The zero-order chi connectivity index (χ0) is 15.2. The van der Waals surface area contributed by atoms with Gasteiger partial charge in [0, 0.05) is 31.7 Å². The molecule has 1 aliphatic rings. The Morgan fingerprint density at radius 2 is 1.95 bits per heavy atom. The first-order valence-corrected chi connectivity index (χ1v) is 7.59. The van der Waals surface area contributed by atoms with E-state index in [0.717, 1.165) is 39.0 Å². The van der Waals surface area contributed by atoms with Gasteiger partial charge >= 0.3 is 0 Å². The molecule has 1 aromatic rings. The molecule has 0 aliphatic carbocycles. The molecule has 21 heavy (non-hydrogen) atoms. The lowest BCUT2D eigenvalue weighted by atomic mass is 10.1. The van der Waals surface area contributed by atoms with Crippen molar-refractivity contribution in [2.45, 2.75) is 19.8 Å². The Hall–Kier alpha value is -1.46. The zero-order valence-electron chi connectivity index (χ0n) is 12.6. The van der Waals surface area contributed by atoms with Crippen LogP contribution in [0.2, 0.25) is 0 Å². The Labute approximate surface area is 125 Å². The Morgan fingerprint density at radius 3 is 2.57 bits per heavy atom.